The Labute approximate surface area is 107 Å². The Hall–Kier alpha value is -1.79. The highest BCUT2D eigenvalue weighted by Crippen LogP contribution is 2.08. The number of hydrogen-bond acceptors (Lipinski definition) is 4. The molecule has 0 aromatic carbocycles. The van der Waals surface area contributed by atoms with Gasteiger partial charge in [-0.1, -0.05) is 12.1 Å². The van der Waals surface area contributed by atoms with Crippen molar-refractivity contribution in [3.05, 3.63) is 0 Å². The van der Waals surface area contributed by atoms with Gasteiger partial charge in [0.15, 0.2) is 5.84 Å². The zero-order valence-electron chi connectivity index (χ0n) is 11.4. The quantitative estimate of drug-likeness (QED) is 0.295. The van der Waals surface area contributed by atoms with Crippen LogP contribution in [-0.2, 0) is 9.59 Å². The van der Waals surface area contributed by atoms with E-state index in [4.69, 9.17) is 10.9 Å². The van der Waals surface area contributed by atoms with Gasteiger partial charge in [-0.3, -0.25) is 9.59 Å². The number of nitrogens with two attached hydrogens (primary N) is 1. The molecule has 104 valence electrons. The van der Waals surface area contributed by atoms with Crippen LogP contribution in [0.1, 0.15) is 20.3 Å². The molecule has 1 atom stereocenters. The molecule has 18 heavy (non-hydrogen) atoms. The van der Waals surface area contributed by atoms with Crippen LogP contribution in [0.4, 0.5) is 0 Å². The van der Waals surface area contributed by atoms with Crippen LogP contribution in [0.15, 0.2) is 5.16 Å². The molecule has 2 amide bonds. The van der Waals surface area contributed by atoms with Gasteiger partial charge >= 0.3 is 0 Å². The summed E-state index contributed by atoms with van der Waals surface area (Å²) in [6.07, 6.45) is 0.418. The maximum Gasteiger partial charge on any atom is 0.241 e. The van der Waals surface area contributed by atoms with E-state index in [2.05, 4.69) is 5.16 Å². The van der Waals surface area contributed by atoms with Gasteiger partial charge in [0.05, 0.1) is 12.5 Å². The smallest absolute Gasteiger partial charge is 0.241 e. The summed E-state index contributed by atoms with van der Waals surface area (Å²) in [6.45, 7) is 3.94. The average Bonchev–Trinajstić information content (AvgIpc) is 2.35. The third-order valence-electron chi connectivity index (χ3n) is 2.70. The lowest BCUT2D eigenvalue weighted by molar-refractivity contribution is -0.140. The van der Waals surface area contributed by atoms with Crippen LogP contribution >= 0.6 is 0 Å². The SMILES string of the molecule is CCC(C(=O)N(CC)CC(=O)N(C)C)C(N)=NO. The highest BCUT2D eigenvalue weighted by Gasteiger charge is 2.27. The molecule has 0 bridgehead atoms. The highest BCUT2D eigenvalue weighted by molar-refractivity contribution is 6.02. The molecule has 0 saturated carbocycles. The zero-order chi connectivity index (χ0) is 14.3. The van der Waals surface area contributed by atoms with Crippen LogP contribution in [0.5, 0.6) is 0 Å². The lowest BCUT2D eigenvalue weighted by Crippen LogP contribution is -2.45. The standard InChI is InChI=1S/C11H22N4O3/c1-5-8(10(12)13-18)11(17)15(6-2)7-9(16)14(3)4/h8,18H,5-7H2,1-4H3,(H2,12,13). The van der Waals surface area contributed by atoms with Crippen LogP contribution in [-0.4, -0.2) is 59.8 Å². The van der Waals surface area contributed by atoms with Crippen molar-refractivity contribution >= 4 is 17.6 Å². The Balaban J connectivity index is 4.84. The predicted molar refractivity (Wildman–Crippen MR) is 68.1 cm³/mol. The van der Waals surface area contributed by atoms with Gasteiger partial charge in [-0.05, 0) is 13.3 Å². The maximum atomic E-state index is 12.1. The van der Waals surface area contributed by atoms with Gasteiger partial charge in [0.1, 0.15) is 0 Å². The zero-order valence-corrected chi connectivity index (χ0v) is 11.4. The van der Waals surface area contributed by atoms with Crippen molar-refractivity contribution < 1.29 is 14.8 Å². The largest absolute Gasteiger partial charge is 0.409 e. The number of oxime groups is 1. The molecule has 1 unspecified atom stereocenters. The fraction of sp³-hybridized carbons (Fsp3) is 0.727. The Morgan fingerprint density at radius 2 is 1.89 bits per heavy atom. The number of carbonyl (C=O) groups excluding carboxylic acids is 2. The first-order valence-corrected chi connectivity index (χ1v) is 5.85. The summed E-state index contributed by atoms with van der Waals surface area (Å²) in [5, 5.41) is 11.5. The summed E-state index contributed by atoms with van der Waals surface area (Å²) in [5.41, 5.74) is 5.47. The number of amidine groups is 1. The van der Waals surface area contributed by atoms with E-state index < -0.39 is 5.92 Å². The third kappa shape index (κ3) is 4.23. The molecule has 0 aliphatic carbocycles. The predicted octanol–water partition coefficient (Wildman–Crippen LogP) is -0.304. The highest BCUT2D eigenvalue weighted by atomic mass is 16.4. The summed E-state index contributed by atoms with van der Waals surface area (Å²) in [7, 11) is 3.25. The van der Waals surface area contributed by atoms with Crippen molar-refractivity contribution in [3.8, 4) is 0 Å². The van der Waals surface area contributed by atoms with E-state index in [9.17, 15) is 9.59 Å². The molecule has 3 N–H and O–H groups in total. The minimum Gasteiger partial charge on any atom is -0.409 e. The van der Waals surface area contributed by atoms with Crippen molar-refractivity contribution in [2.45, 2.75) is 20.3 Å². The summed E-state index contributed by atoms with van der Waals surface area (Å²) >= 11 is 0. The van der Waals surface area contributed by atoms with Crippen LogP contribution < -0.4 is 5.73 Å². The first-order chi connectivity index (χ1) is 8.38. The maximum absolute atomic E-state index is 12.1. The molecule has 0 spiro atoms. The number of nitrogens with zero attached hydrogens (tertiary/aromatic N) is 3. The number of amides is 2. The van der Waals surface area contributed by atoms with E-state index in [-0.39, 0.29) is 24.2 Å². The van der Waals surface area contributed by atoms with Crippen LogP contribution in [0.2, 0.25) is 0 Å². The van der Waals surface area contributed by atoms with Crippen LogP contribution in [0, 0.1) is 5.92 Å². The number of rotatable bonds is 6. The normalized spacial score (nSPS) is 13.0. The molecule has 0 aromatic heterocycles. The molecule has 0 fully saturated rings. The summed E-state index contributed by atoms with van der Waals surface area (Å²) in [5.74, 6) is -1.28. The van der Waals surface area contributed by atoms with Crippen molar-refractivity contribution in [1.29, 1.82) is 0 Å². The van der Waals surface area contributed by atoms with Crippen molar-refractivity contribution in [3.63, 3.8) is 0 Å². The van der Waals surface area contributed by atoms with Gasteiger partial charge in [0.25, 0.3) is 0 Å². The van der Waals surface area contributed by atoms with Crippen LogP contribution in [0.3, 0.4) is 0 Å². The third-order valence-corrected chi connectivity index (χ3v) is 2.70. The second-order valence-corrected chi connectivity index (χ2v) is 4.13. The van der Waals surface area contributed by atoms with Crippen molar-refractivity contribution in [2.75, 3.05) is 27.2 Å². The van der Waals surface area contributed by atoms with Crippen molar-refractivity contribution in [1.82, 2.24) is 9.80 Å². The minimum atomic E-state index is -0.690. The molecular formula is C11H22N4O3. The molecule has 0 saturated heterocycles. The summed E-state index contributed by atoms with van der Waals surface area (Å²) in [6, 6.07) is 0. The molecule has 7 heteroatoms. The molecule has 0 radical (unpaired) electrons. The molecule has 7 nitrogen and oxygen atoms in total. The van der Waals surface area contributed by atoms with Gasteiger partial charge in [-0.2, -0.15) is 0 Å². The van der Waals surface area contributed by atoms with E-state index in [1.165, 1.54) is 9.80 Å². The first-order valence-electron chi connectivity index (χ1n) is 5.85. The monoisotopic (exact) mass is 258 g/mol. The second-order valence-electron chi connectivity index (χ2n) is 4.13. The fourth-order valence-electron chi connectivity index (χ4n) is 1.45. The number of likely N-dealkylation sites (N-methyl/N-ethyl adjacent to an activating group) is 2. The lowest BCUT2D eigenvalue weighted by atomic mass is 10.0. The van der Waals surface area contributed by atoms with Gasteiger partial charge in [0, 0.05) is 20.6 Å². The van der Waals surface area contributed by atoms with E-state index in [0.29, 0.717) is 13.0 Å². The molecule has 0 heterocycles. The van der Waals surface area contributed by atoms with E-state index >= 15 is 0 Å². The Morgan fingerprint density at radius 1 is 1.33 bits per heavy atom. The minimum absolute atomic E-state index is 0.00244. The number of carbonyl (C=O) groups is 2. The molecular weight excluding hydrogens is 236 g/mol. The van der Waals surface area contributed by atoms with E-state index in [1.54, 1.807) is 27.9 Å². The number of hydrogen-bond donors (Lipinski definition) is 2. The molecule has 0 rings (SSSR count). The first kappa shape index (κ1) is 16.2. The van der Waals surface area contributed by atoms with E-state index in [1.807, 2.05) is 0 Å². The Kier molecular flexibility index (Phi) is 6.77. The van der Waals surface area contributed by atoms with E-state index in [0.717, 1.165) is 0 Å². The molecule has 0 aliphatic rings. The fourth-order valence-corrected chi connectivity index (χ4v) is 1.45. The topological polar surface area (TPSA) is 99.2 Å². The van der Waals surface area contributed by atoms with Gasteiger partial charge in [0.2, 0.25) is 11.8 Å². The van der Waals surface area contributed by atoms with Gasteiger partial charge < -0.3 is 20.7 Å². The Morgan fingerprint density at radius 3 is 2.22 bits per heavy atom. The van der Waals surface area contributed by atoms with Crippen molar-refractivity contribution in [2.24, 2.45) is 16.8 Å². The average molecular weight is 258 g/mol. The van der Waals surface area contributed by atoms with Gasteiger partial charge in [-0.15, -0.1) is 0 Å². The van der Waals surface area contributed by atoms with Crippen LogP contribution in [0.25, 0.3) is 0 Å². The van der Waals surface area contributed by atoms with Gasteiger partial charge in [-0.25, -0.2) is 0 Å². The summed E-state index contributed by atoms with van der Waals surface area (Å²) < 4.78 is 0. The second kappa shape index (κ2) is 7.52. The summed E-state index contributed by atoms with van der Waals surface area (Å²) in [4.78, 5) is 26.5. The Bertz CT molecular complexity index is 328. The lowest BCUT2D eigenvalue weighted by Gasteiger charge is -2.25. The molecule has 0 aromatic rings. The molecule has 0 aliphatic heterocycles.